The van der Waals surface area contributed by atoms with Gasteiger partial charge in [0.1, 0.15) is 0 Å². The first-order valence-corrected chi connectivity index (χ1v) is 4.93. The van der Waals surface area contributed by atoms with Gasteiger partial charge in [0.25, 0.3) is 0 Å². The molecule has 0 aliphatic heterocycles. The highest BCUT2D eigenvalue weighted by molar-refractivity contribution is 5.96. The van der Waals surface area contributed by atoms with Crippen LogP contribution in [0.4, 0.5) is 0 Å². The predicted octanol–water partition coefficient (Wildman–Crippen LogP) is 1.83. The van der Waals surface area contributed by atoms with Crippen LogP contribution in [-0.4, -0.2) is 22.1 Å². The molecule has 0 amide bonds. The third kappa shape index (κ3) is 1.78. The average Bonchev–Trinajstić information content (AvgIpc) is 2.61. The van der Waals surface area contributed by atoms with Gasteiger partial charge < -0.3 is 9.67 Å². The number of aliphatic hydroxyl groups is 1. The van der Waals surface area contributed by atoms with Gasteiger partial charge in [0.2, 0.25) is 0 Å². The Morgan fingerprint density at radius 2 is 2.27 bits per heavy atom. The standard InChI is InChI=1S/C12H13NO2/c1-9(15)7-13-6-5-10-3-2-4-11(8-14)12(10)13/h2-6,8-9,15H,7H2,1H3. The van der Waals surface area contributed by atoms with Crippen LogP contribution in [0.25, 0.3) is 10.9 Å². The molecule has 1 aromatic heterocycles. The van der Waals surface area contributed by atoms with Crippen molar-refractivity contribution in [3.63, 3.8) is 0 Å². The minimum atomic E-state index is -0.416. The summed E-state index contributed by atoms with van der Waals surface area (Å²) in [5, 5.41) is 10.4. The Balaban J connectivity index is 2.60. The first kappa shape index (κ1) is 9.93. The van der Waals surface area contributed by atoms with Gasteiger partial charge in [0, 0.05) is 23.7 Å². The van der Waals surface area contributed by atoms with Crippen LogP contribution in [0.2, 0.25) is 0 Å². The number of hydrogen-bond acceptors (Lipinski definition) is 2. The van der Waals surface area contributed by atoms with E-state index in [4.69, 9.17) is 0 Å². The average molecular weight is 203 g/mol. The van der Waals surface area contributed by atoms with Crippen molar-refractivity contribution >= 4 is 17.2 Å². The first-order chi connectivity index (χ1) is 7.22. The Hall–Kier alpha value is -1.61. The largest absolute Gasteiger partial charge is 0.392 e. The van der Waals surface area contributed by atoms with E-state index in [9.17, 15) is 9.90 Å². The van der Waals surface area contributed by atoms with Gasteiger partial charge in [0.15, 0.2) is 6.29 Å². The molecule has 2 rings (SSSR count). The third-order valence-electron chi connectivity index (χ3n) is 2.41. The minimum absolute atomic E-state index is 0.416. The number of carbonyl (C=O) groups excluding carboxylic acids is 1. The number of hydrogen-bond donors (Lipinski definition) is 1. The van der Waals surface area contributed by atoms with E-state index >= 15 is 0 Å². The van der Waals surface area contributed by atoms with E-state index in [-0.39, 0.29) is 0 Å². The van der Waals surface area contributed by atoms with Crippen molar-refractivity contribution in [2.24, 2.45) is 0 Å². The molecule has 1 aromatic carbocycles. The van der Waals surface area contributed by atoms with Crippen molar-refractivity contribution in [2.45, 2.75) is 19.6 Å². The maximum Gasteiger partial charge on any atom is 0.152 e. The normalized spacial score (nSPS) is 12.9. The topological polar surface area (TPSA) is 42.2 Å². The Labute approximate surface area is 87.9 Å². The highest BCUT2D eigenvalue weighted by atomic mass is 16.3. The smallest absolute Gasteiger partial charge is 0.152 e. The zero-order chi connectivity index (χ0) is 10.8. The number of benzene rings is 1. The lowest BCUT2D eigenvalue weighted by atomic mass is 10.1. The van der Waals surface area contributed by atoms with Crippen LogP contribution >= 0.6 is 0 Å². The van der Waals surface area contributed by atoms with Crippen LogP contribution in [0.1, 0.15) is 17.3 Å². The van der Waals surface area contributed by atoms with Crippen LogP contribution in [0, 0.1) is 0 Å². The van der Waals surface area contributed by atoms with Gasteiger partial charge >= 0.3 is 0 Å². The summed E-state index contributed by atoms with van der Waals surface area (Å²) in [6, 6.07) is 7.55. The number of aldehydes is 1. The van der Waals surface area contributed by atoms with E-state index in [2.05, 4.69) is 0 Å². The SMILES string of the molecule is CC(O)Cn1ccc2cccc(C=O)c21. The number of para-hydroxylation sites is 1. The van der Waals surface area contributed by atoms with Crippen LogP contribution in [-0.2, 0) is 6.54 Å². The van der Waals surface area contributed by atoms with Crippen molar-refractivity contribution in [1.82, 2.24) is 4.57 Å². The number of aliphatic hydroxyl groups excluding tert-OH is 1. The second kappa shape index (κ2) is 3.87. The lowest BCUT2D eigenvalue weighted by Crippen LogP contribution is -2.11. The molecule has 1 heterocycles. The van der Waals surface area contributed by atoms with E-state index in [1.807, 2.05) is 29.0 Å². The molecule has 1 N–H and O–H groups in total. The van der Waals surface area contributed by atoms with E-state index in [0.29, 0.717) is 12.1 Å². The van der Waals surface area contributed by atoms with Crippen LogP contribution in [0.15, 0.2) is 30.5 Å². The quantitative estimate of drug-likeness (QED) is 0.773. The number of nitrogens with zero attached hydrogens (tertiary/aromatic N) is 1. The van der Waals surface area contributed by atoms with E-state index < -0.39 is 6.10 Å². The molecular weight excluding hydrogens is 190 g/mol. The first-order valence-electron chi connectivity index (χ1n) is 4.93. The molecule has 15 heavy (non-hydrogen) atoms. The van der Waals surface area contributed by atoms with E-state index in [0.717, 1.165) is 17.2 Å². The summed E-state index contributed by atoms with van der Waals surface area (Å²) in [6.07, 6.45) is 2.32. The number of carbonyl (C=O) groups is 1. The molecule has 3 heteroatoms. The minimum Gasteiger partial charge on any atom is -0.392 e. The molecule has 0 bridgehead atoms. The van der Waals surface area contributed by atoms with Gasteiger partial charge in [0.05, 0.1) is 11.6 Å². The summed E-state index contributed by atoms with van der Waals surface area (Å²) in [7, 11) is 0. The molecule has 0 aliphatic carbocycles. The molecule has 0 fully saturated rings. The van der Waals surface area contributed by atoms with Crippen molar-refractivity contribution < 1.29 is 9.90 Å². The summed E-state index contributed by atoms with van der Waals surface area (Å²) in [5.74, 6) is 0. The number of aromatic nitrogens is 1. The van der Waals surface area contributed by atoms with Gasteiger partial charge in [-0.05, 0) is 19.1 Å². The fraction of sp³-hybridized carbons (Fsp3) is 0.250. The summed E-state index contributed by atoms with van der Waals surface area (Å²) in [4.78, 5) is 10.9. The zero-order valence-corrected chi connectivity index (χ0v) is 8.55. The molecule has 1 atom stereocenters. The molecule has 0 aliphatic rings. The molecule has 0 saturated heterocycles. The Morgan fingerprint density at radius 1 is 1.47 bits per heavy atom. The van der Waals surface area contributed by atoms with Gasteiger partial charge in [-0.3, -0.25) is 4.79 Å². The second-order valence-electron chi connectivity index (χ2n) is 3.72. The monoisotopic (exact) mass is 203 g/mol. The van der Waals surface area contributed by atoms with Gasteiger partial charge in [-0.15, -0.1) is 0 Å². The third-order valence-corrected chi connectivity index (χ3v) is 2.41. The molecule has 1 unspecified atom stereocenters. The van der Waals surface area contributed by atoms with Crippen molar-refractivity contribution in [2.75, 3.05) is 0 Å². The highest BCUT2D eigenvalue weighted by Gasteiger charge is 2.07. The molecule has 0 saturated carbocycles. The lowest BCUT2D eigenvalue weighted by molar-refractivity contribution is 0.112. The van der Waals surface area contributed by atoms with Crippen LogP contribution in [0.5, 0.6) is 0 Å². The molecule has 0 spiro atoms. The number of rotatable bonds is 3. The Morgan fingerprint density at radius 3 is 2.93 bits per heavy atom. The Kier molecular flexibility index (Phi) is 2.56. The highest BCUT2D eigenvalue weighted by Crippen LogP contribution is 2.19. The van der Waals surface area contributed by atoms with Crippen molar-refractivity contribution in [1.29, 1.82) is 0 Å². The van der Waals surface area contributed by atoms with Crippen molar-refractivity contribution in [3.05, 3.63) is 36.0 Å². The maximum atomic E-state index is 10.9. The van der Waals surface area contributed by atoms with Crippen LogP contribution < -0.4 is 0 Å². The second-order valence-corrected chi connectivity index (χ2v) is 3.72. The molecule has 2 aromatic rings. The van der Waals surface area contributed by atoms with Crippen LogP contribution in [0.3, 0.4) is 0 Å². The summed E-state index contributed by atoms with van der Waals surface area (Å²) >= 11 is 0. The summed E-state index contributed by atoms with van der Waals surface area (Å²) in [5.41, 5.74) is 1.56. The molecule has 3 nitrogen and oxygen atoms in total. The lowest BCUT2D eigenvalue weighted by Gasteiger charge is -2.08. The zero-order valence-electron chi connectivity index (χ0n) is 8.55. The summed E-state index contributed by atoms with van der Waals surface area (Å²) < 4.78 is 1.91. The molecular formula is C12H13NO2. The fourth-order valence-electron chi connectivity index (χ4n) is 1.82. The van der Waals surface area contributed by atoms with Gasteiger partial charge in [-0.2, -0.15) is 0 Å². The van der Waals surface area contributed by atoms with Crippen molar-refractivity contribution in [3.8, 4) is 0 Å². The molecule has 78 valence electrons. The predicted molar refractivity (Wildman–Crippen MR) is 59.0 cm³/mol. The van der Waals surface area contributed by atoms with E-state index in [1.165, 1.54) is 0 Å². The van der Waals surface area contributed by atoms with Gasteiger partial charge in [-0.25, -0.2) is 0 Å². The molecule has 0 radical (unpaired) electrons. The number of fused-ring (bicyclic) bond motifs is 1. The maximum absolute atomic E-state index is 10.9. The Bertz CT molecular complexity index is 485. The summed E-state index contributed by atoms with van der Waals surface area (Å²) in [6.45, 7) is 2.24. The fourth-order valence-corrected chi connectivity index (χ4v) is 1.82. The van der Waals surface area contributed by atoms with E-state index in [1.54, 1.807) is 13.0 Å². The van der Waals surface area contributed by atoms with Gasteiger partial charge in [-0.1, -0.05) is 12.1 Å².